The predicted octanol–water partition coefficient (Wildman–Crippen LogP) is 2.71. The van der Waals surface area contributed by atoms with Crippen LogP contribution in [0.15, 0.2) is 58.4 Å². The molecule has 7 nitrogen and oxygen atoms in total. The van der Waals surface area contributed by atoms with Crippen LogP contribution < -0.4 is 4.72 Å². The molecular weight excluding hydrogens is 394 g/mol. The van der Waals surface area contributed by atoms with Gasteiger partial charge >= 0.3 is 0 Å². The molecule has 0 aliphatic heterocycles. The van der Waals surface area contributed by atoms with Crippen molar-refractivity contribution in [1.29, 1.82) is 0 Å². The molecule has 3 aromatic rings. The number of nitrogens with zero attached hydrogens (tertiary/aromatic N) is 4. The molecule has 0 amide bonds. The van der Waals surface area contributed by atoms with Gasteiger partial charge < -0.3 is 0 Å². The van der Waals surface area contributed by atoms with Gasteiger partial charge in [0.2, 0.25) is 0 Å². The molecule has 126 valence electrons. The average Bonchev–Trinajstić information content (AvgIpc) is 3.16. The number of aryl methyl sites for hydroxylation is 1. The maximum atomic E-state index is 12.4. The first-order valence-corrected chi connectivity index (χ1v) is 9.56. The Morgan fingerprint density at radius 3 is 2.62 bits per heavy atom. The lowest BCUT2D eigenvalue weighted by Gasteiger charge is -2.08. The van der Waals surface area contributed by atoms with Gasteiger partial charge in [0.1, 0.15) is 4.90 Å². The van der Waals surface area contributed by atoms with Crippen LogP contribution >= 0.6 is 15.9 Å². The van der Waals surface area contributed by atoms with E-state index in [0.29, 0.717) is 18.8 Å². The number of halogens is 1. The highest BCUT2D eigenvalue weighted by Crippen LogP contribution is 2.18. The van der Waals surface area contributed by atoms with Crippen LogP contribution in [0.5, 0.6) is 0 Å². The number of aromatic nitrogens is 4. The normalized spacial score (nSPS) is 11.6. The van der Waals surface area contributed by atoms with Crippen molar-refractivity contribution in [2.24, 2.45) is 0 Å². The van der Waals surface area contributed by atoms with Crippen LogP contribution in [0.4, 0.5) is 5.69 Å². The van der Waals surface area contributed by atoms with Gasteiger partial charge in [0.25, 0.3) is 10.0 Å². The van der Waals surface area contributed by atoms with Crippen LogP contribution in [0, 0.1) is 0 Å². The molecule has 3 rings (SSSR count). The summed E-state index contributed by atoms with van der Waals surface area (Å²) < 4.78 is 31.6. The van der Waals surface area contributed by atoms with Gasteiger partial charge in [0.05, 0.1) is 23.4 Å². The van der Waals surface area contributed by atoms with Gasteiger partial charge in [-0.05, 0) is 40.5 Å². The van der Waals surface area contributed by atoms with Crippen molar-refractivity contribution in [3.8, 4) is 0 Å². The molecule has 1 aromatic carbocycles. The molecule has 0 unspecified atom stereocenters. The summed E-state index contributed by atoms with van der Waals surface area (Å²) in [6, 6.07) is 7.23. The van der Waals surface area contributed by atoms with E-state index < -0.39 is 10.0 Å². The Labute approximate surface area is 148 Å². The average molecular weight is 410 g/mol. The molecule has 1 N–H and O–H groups in total. The smallest absolute Gasteiger partial charge is 0.265 e. The number of benzene rings is 1. The summed E-state index contributed by atoms with van der Waals surface area (Å²) in [6.45, 7) is 3.06. The quantitative estimate of drug-likeness (QED) is 0.678. The number of nitrogens with one attached hydrogen (secondary N) is 1. The molecule has 0 aliphatic carbocycles. The molecule has 24 heavy (non-hydrogen) atoms. The van der Waals surface area contributed by atoms with Crippen molar-refractivity contribution < 1.29 is 8.42 Å². The fraction of sp³-hybridized carbons (Fsp3) is 0.200. The number of rotatable bonds is 6. The van der Waals surface area contributed by atoms with Crippen LogP contribution in [-0.4, -0.2) is 28.0 Å². The van der Waals surface area contributed by atoms with Crippen LogP contribution in [0.1, 0.15) is 12.5 Å². The predicted molar refractivity (Wildman–Crippen MR) is 94.2 cm³/mol. The van der Waals surface area contributed by atoms with Crippen molar-refractivity contribution in [1.82, 2.24) is 19.6 Å². The fourth-order valence-electron chi connectivity index (χ4n) is 2.22. The van der Waals surface area contributed by atoms with Gasteiger partial charge in [-0.3, -0.25) is 14.1 Å². The number of hydrogen-bond acceptors (Lipinski definition) is 4. The summed E-state index contributed by atoms with van der Waals surface area (Å²) >= 11 is 3.35. The van der Waals surface area contributed by atoms with E-state index in [1.54, 1.807) is 33.8 Å². The Bertz CT molecular complexity index is 948. The number of sulfonamides is 1. The van der Waals surface area contributed by atoms with Gasteiger partial charge in [-0.15, -0.1) is 0 Å². The Morgan fingerprint density at radius 1 is 1.17 bits per heavy atom. The molecule has 0 saturated carbocycles. The maximum absolute atomic E-state index is 12.4. The van der Waals surface area contributed by atoms with Crippen LogP contribution in [0.3, 0.4) is 0 Å². The van der Waals surface area contributed by atoms with Gasteiger partial charge in [-0.25, -0.2) is 8.42 Å². The zero-order chi connectivity index (χ0) is 17.2. The fourth-order valence-corrected chi connectivity index (χ4v) is 3.54. The Morgan fingerprint density at radius 2 is 1.96 bits per heavy atom. The number of hydrogen-bond donors (Lipinski definition) is 1. The van der Waals surface area contributed by atoms with E-state index in [1.165, 1.54) is 12.4 Å². The van der Waals surface area contributed by atoms with Crippen molar-refractivity contribution in [2.45, 2.75) is 24.9 Å². The maximum Gasteiger partial charge on any atom is 0.265 e. The molecule has 0 spiro atoms. The van der Waals surface area contributed by atoms with Crippen molar-refractivity contribution >= 4 is 31.6 Å². The molecule has 0 radical (unpaired) electrons. The lowest BCUT2D eigenvalue weighted by molar-refractivity contribution is 0.600. The first-order chi connectivity index (χ1) is 11.5. The van der Waals surface area contributed by atoms with Crippen molar-refractivity contribution in [3.05, 3.63) is 59.1 Å². The zero-order valence-electron chi connectivity index (χ0n) is 12.9. The summed E-state index contributed by atoms with van der Waals surface area (Å²) in [4.78, 5) is 0.144. The summed E-state index contributed by atoms with van der Waals surface area (Å²) in [5.41, 5.74) is 1.44. The van der Waals surface area contributed by atoms with Gasteiger partial charge in [-0.2, -0.15) is 10.2 Å². The lowest BCUT2D eigenvalue weighted by Crippen LogP contribution is -2.12. The molecule has 0 atom stereocenters. The second-order valence-electron chi connectivity index (χ2n) is 5.19. The summed E-state index contributed by atoms with van der Waals surface area (Å²) in [5.74, 6) is 0. The SMILES string of the molecule is CCn1cc(S(=O)(=O)Nc2cccc(Cn3cc(Br)cn3)c2)cn1. The Kier molecular flexibility index (Phi) is 4.72. The van der Waals surface area contributed by atoms with Crippen molar-refractivity contribution in [3.63, 3.8) is 0 Å². The van der Waals surface area contributed by atoms with E-state index in [9.17, 15) is 8.42 Å². The molecule has 2 aromatic heterocycles. The second kappa shape index (κ2) is 6.78. The highest BCUT2D eigenvalue weighted by molar-refractivity contribution is 9.10. The van der Waals surface area contributed by atoms with Gasteiger partial charge in [-0.1, -0.05) is 12.1 Å². The minimum absolute atomic E-state index is 0.144. The summed E-state index contributed by atoms with van der Waals surface area (Å²) in [5, 5.41) is 8.19. The topological polar surface area (TPSA) is 81.8 Å². The van der Waals surface area contributed by atoms with Crippen LogP contribution in [-0.2, 0) is 23.1 Å². The largest absolute Gasteiger partial charge is 0.280 e. The Hall–Kier alpha value is -2.13. The third-order valence-electron chi connectivity index (χ3n) is 3.37. The minimum Gasteiger partial charge on any atom is -0.280 e. The molecule has 0 fully saturated rings. The highest BCUT2D eigenvalue weighted by atomic mass is 79.9. The second-order valence-corrected chi connectivity index (χ2v) is 7.79. The lowest BCUT2D eigenvalue weighted by atomic mass is 10.2. The van der Waals surface area contributed by atoms with E-state index in [-0.39, 0.29) is 4.90 Å². The highest BCUT2D eigenvalue weighted by Gasteiger charge is 2.16. The summed E-state index contributed by atoms with van der Waals surface area (Å²) in [7, 11) is -3.65. The first kappa shape index (κ1) is 16.7. The summed E-state index contributed by atoms with van der Waals surface area (Å²) in [6.07, 6.45) is 6.42. The monoisotopic (exact) mass is 409 g/mol. The molecule has 0 bridgehead atoms. The molecule has 0 aliphatic rings. The van der Waals surface area contributed by atoms with E-state index in [1.807, 2.05) is 19.2 Å². The van der Waals surface area contributed by atoms with Gasteiger partial charge in [0.15, 0.2) is 0 Å². The molecule has 9 heteroatoms. The number of anilines is 1. The van der Waals surface area contributed by atoms with Gasteiger partial charge in [0, 0.05) is 24.6 Å². The third kappa shape index (κ3) is 3.85. The van der Waals surface area contributed by atoms with Crippen molar-refractivity contribution in [2.75, 3.05) is 4.72 Å². The first-order valence-electron chi connectivity index (χ1n) is 7.28. The van der Waals surface area contributed by atoms with Crippen LogP contribution in [0.25, 0.3) is 0 Å². The standard InChI is InChI=1S/C15H16BrN5O2S/c1-2-20-11-15(8-18-20)24(22,23)19-14-5-3-4-12(6-14)9-21-10-13(16)7-17-21/h3-8,10-11,19H,2,9H2,1H3. The van der Waals surface area contributed by atoms with E-state index >= 15 is 0 Å². The molecule has 0 saturated heterocycles. The molecular formula is C15H16BrN5O2S. The Balaban J connectivity index is 1.78. The van der Waals surface area contributed by atoms with Crippen LogP contribution in [0.2, 0.25) is 0 Å². The zero-order valence-corrected chi connectivity index (χ0v) is 15.3. The van der Waals surface area contributed by atoms with E-state index in [2.05, 4.69) is 30.8 Å². The minimum atomic E-state index is -3.65. The molecule has 2 heterocycles. The third-order valence-corrected chi connectivity index (χ3v) is 5.11. The van der Waals surface area contributed by atoms with E-state index in [0.717, 1.165) is 10.0 Å². The van der Waals surface area contributed by atoms with E-state index in [4.69, 9.17) is 0 Å².